The van der Waals surface area contributed by atoms with Gasteiger partial charge in [-0.3, -0.25) is 9.59 Å². The van der Waals surface area contributed by atoms with Crippen LogP contribution >= 0.6 is 0 Å². The molecule has 0 unspecified atom stereocenters. The highest BCUT2D eigenvalue weighted by Gasteiger charge is 2.58. The van der Waals surface area contributed by atoms with Crippen molar-refractivity contribution >= 4 is 19.0 Å². The lowest BCUT2D eigenvalue weighted by Crippen LogP contribution is -2.53. The number of amides is 1. The van der Waals surface area contributed by atoms with Crippen molar-refractivity contribution in [3.8, 4) is 0 Å². The zero-order chi connectivity index (χ0) is 16.5. The van der Waals surface area contributed by atoms with Crippen LogP contribution in [0.4, 0.5) is 0 Å². The van der Waals surface area contributed by atoms with Crippen LogP contribution in [-0.4, -0.2) is 64.2 Å². The summed E-state index contributed by atoms with van der Waals surface area (Å²) in [6.07, 6.45) is 1.53. The fraction of sp³-hybridized carbons (Fsp3) is 0.846. The number of hydrogen-bond acceptors (Lipinski definition) is 6. The molecule has 0 aromatic carbocycles. The molecular weight excluding hydrogens is 289 g/mol. The molecule has 2 rings (SSSR count). The maximum absolute atomic E-state index is 11.7. The fourth-order valence-electron chi connectivity index (χ4n) is 4.11. The minimum Gasteiger partial charge on any atom is -0.480 e. The summed E-state index contributed by atoms with van der Waals surface area (Å²) in [5.74, 6) is -1.32. The Labute approximate surface area is 129 Å². The van der Waals surface area contributed by atoms with Crippen molar-refractivity contribution in [2.24, 2.45) is 29.2 Å². The molecule has 1 saturated heterocycles. The normalized spacial score (nSPS) is 33.8. The number of carboxylic acid groups (broad SMARTS) is 1. The van der Waals surface area contributed by atoms with E-state index in [2.05, 4.69) is 0 Å². The van der Waals surface area contributed by atoms with Gasteiger partial charge in [-0.1, -0.05) is 6.42 Å². The first kappa shape index (κ1) is 17.2. The summed E-state index contributed by atoms with van der Waals surface area (Å²) in [7, 11) is -1.40. The molecule has 22 heavy (non-hydrogen) atoms. The lowest BCUT2D eigenvalue weighted by molar-refractivity contribution is -0.145. The molecular formula is C13H24BN3O5. The molecule has 1 heterocycles. The summed E-state index contributed by atoms with van der Waals surface area (Å²) in [6, 6.07) is 0. The predicted octanol–water partition coefficient (Wildman–Crippen LogP) is -1.93. The van der Waals surface area contributed by atoms with E-state index >= 15 is 0 Å². The average molecular weight is 313 g/mol. The van der Waals surface area contributed by atoms with Gasteiger partial charge in [-0.05, 0) is 36.9 Å². The Morgan fingerprint density at radius 2 is 2.00 bits per heavy atom. The number of carbonyl (C=O) groups excluding carboxylic acids is 1. The summed E-state index contributed by atoms with van der Waals surface area (Å²) >= 11 is 0. The molecule has 2 fully saturated rings. The van der Waals surface area contributed by atoms with Crippen LogP contribution in [0.3, 0.4) is 0 Å². The van der Waals surface area contributed by atoms with Gasteiger partial charge in [0, 0.05) is 13.1 Å². The number of carbonyl (C=O) groups is 2. The van der Waals surface area contributed by atoms with Gasteiger partial charge in [0.1, 0.15) is 5.54 Å². The monoisotopic (exact) mass is 313 g/mol. The highest BCUT2D eigenvalue weighted by Crippen LogP contribution is 2.49. The van der Waals surface area contributed by atoms with Crippen molar-refractivity contribution in [2.75, 3.05) is 19.6 Å². The number of aliphatic carboxylic acids is 1. The summed E-state index contributed by atoms with van der Waals surface area (Å²) in [5.41, 5.74) is 10.2. The number of fused-ring (bicyclic) bond motifs is 1. The number of carboxylic acids is 1. The lowest BCUT2D eigenvalue weighted by atomic mass is 9.76. The molecule has 1 amide bonds. The Morgan fingerprint density at radius 3 is 2.55 bits per heavy atom. The maximum atomic E-state index is 11.7. The zero-order valence-electron chi connectivity index (χ0n) is 12.5. The molecule has 4 atom stereocenters. The van der Waals surface area contributed by atoms with Gasteiger partial charge in [-0.15, -0.1) is 0 Å². The lowest BCUT2D eigenvalue weighted by Gasteiger charge is -2.31. The van der Waals surface area contributed by atoms with Crippen LogP contribution in [0.25, 0.3) is 0 Å². The second kappa shape index (κ2) is 6.53. The Balaban J connectivity index is 2.09. The maximum Gasteiger partial charge on any atom is 0.451 e. The summed E-state index contributed by atoms with van der Waals surface area (Å²) in [4.78, 5) is 25.0. The Kier molecular flexibility index (Phi) is 5.11. The first-order chi connectivity index (χ1) is 10.3. The molecule has 0 spiro atoms. The molecule has 0 aromatic rings. The highest BCUT2D eigenvalue weighted by atomic mass is 16.4. The molecule has 1 aliphatic carbocycles. The Morgan fingerprint density at radius 1 is 1.32 bits per heavy atom. The number of nitrogens with two attached hydrogens (primary N) is 2. The van der Waals surface area contributed by atoms with Crippen LogP contribution < -0.4 is 11.5 Å². The number of hydrogen-bond donors (Lipinski definition) is 5. The number of nitrogens with zero attached hydrogens (tertiary/aromatic N) is 1. The standard InChI is InChI=1S/C13H24BN3O5/c15-5-11(18)17-6-8-4-13(16,12(19)20)10(9(8)7-17)2-1-3-14(21)22/h8-10,21-22H,1-7,15-16H2,(H,19,20)/t8-,9+,10-,13-/m0/s1. The first-order valence-electron chi connectivity index (χ1n) is 7.65. The molecule has 2 aliphatic rings. The van der Waals surface area contributed by atoms with Crippen LogP contribution in [0, 0.1) is 17.8 Å². The van der Waals surface area contributed by atoms with Gasteiger partial charge in [0.25, 0.3) is 0 Å². The van der Waals surface area contributed by atoms with E-state index in [9.17, 15) is 14.7 Å². The molecule has 0 aromatic heterocycles. The summed E-state index contributed by atoms with van der Waals surface area (Å²) in [6.45, 7) is 0.943. The molecule has 1 aliphatic heterocycles. The van der Waals surface area contributed by atoms with Crippen LogP contribution in [0.2, 0.25) is 6.32 Å². The third-order valence-corrected chi connectivity index (χ3v) is 5.17. The van der Waals surface area contributed by atoms with Crippen LogP contribution in [0.1, 0.15) is 19.3 Å². The zero-order valence-corrected chi connectivity index (χ0v) is 12.5. The van der Waals surface area contributed by atoms with Gasteiger partial charge >= 0.3 is 13.1 Å². The van der Waals surface area contributed by atoms with Crippen molar-refractivity contribution in [1.29, 1.82) is 0 Å². The van der Waals surface area contributed by atoms with Gasteiger partial charge < -0.3 is 31.5 Å². The largest absolute Gasteiger partial charge is 0.480 e. The van der Waals surface area contributed by atoms with E-state index in [1.807, 2.05) is 0 Å². The van der Waals surface area contributed by atoms with E-state index in [-0.39, 0.29) is 36.5 Å². The van der Waals surface area contributed by atoms with Gasteiger partial charge in [0.05, 0.1) is 6.54 Å². The van der Waals surface area contributed by atoms with Crippen molar-refractivity contribution in [2.45, 2.75) is 31.1 Å². The third kappa shape index (κ3) is 3.12. The van der Waals surface area contributed by atoms with Crippen molar-refractivity contribution < 1.29 is 24.7 Å². The molecule has 0 radical (unpaired) electrons. The first-order valence-corrected chi connectivity index (χ1v) is 7.65. The van der Waals surface area contributed by atoms with Crippen LogP contribution in [0.15, 0.2) is 0 Å². The van der Waals surface area contributed by atoms with Crippen LogP contribution in [0.5, 0.6) is 0 Å². The third-order valence-electron chi connectivity index (χ3n) is 5.17. The molecule has 8 nitrogen and oxygen atoms in total. The Bertz CT molecular complexity index is 449. The second-order valence-electron chi connectivity index (χ2n) is 6.49. The molecule has 124 valence electrons. The van der Waals surface area contributed by atoms with E-state index < -0.39 is 18.6 Å². The molecule has 7 N–H and O–H groups in total. The minimum atomic E-state index is -1.40. The highest BCUT2D eigenvalue weighted by molar-refractivity contribution is 6.40. The molecule has 0 bridgehead atoms. The van der Waals surface area contributed by atoms with Crippen molar-refractivity contribution in [3.05, 3.63) is 0 Å². The molecule has 9 heteroatoms. The minimum absolute atomic E-state index is 0.0347. The SMILES string of the molecule is NCC(=O)N1C[C@@H]2C[C@@](N)(C(=O)O)[C@@H](CCCB(O)O)[C@@H]2C1. The second-order valence-corrected chi connectivity index (χ2v) is 6.49. The van der Waals surface area contributed by atoms with Gasteiger partial charge in [-0.25, -0.2) is 0 Å². The van der Waals surface area contributed by atoms with E-state index in [0.717, 1.165) is 0 Å². The van der Waals surface area contributed by atoms with Gasteiger partial charge in [0.15, 0.2) is 0 Å². The van der Waals surface area contributed by atoms with Crippen molar-refractivity contribution in [3.63, 3.8) is 0 Å². The topological polar surface area (TPSA) is 150 Å². The summed E-state index contributed by atoms with van der Waals surface area (Å²) < 4.78 is 0. The van der Waals surface area contributed by atoms with Gasteiger partial charge in [-0.2, -0.15) is 0 Å². The molecule has 1 saturated carbocycles. The Hall–Kier alpha value is -1.16. The van der Waals surface area contributed by atoms with E-state index in [1.54, 1.807) is 4.90 Å². The quantitative estimate of drug-likeness (QED) is 0.358. The van der Waals surface area contributed by atoms with Gasteiger partial charge in [0.2, 0.25) is 5.91 Å². The van der Waals surface area contributed by atoms with E-state index in [0.29, 0.717) is 32.4 Å². The average Bonchev–Trinajstić information content (AvgIpc) is 2.95. The fourth-order valence-corrected chi connectivity index (χ4v) is 4.11. The van der Waals surface area contributed by atoms with E-state index in [4.69, 9.17) is 21.5 Å². The smallest absolute Gasteiger partial charge is 0.451 e. The number of rotatable bonds is 6. The predicted molar refractivity (Wildman–Crippen MR) is 79.5 cm³/mol. The van der Waals surface area contributed by atoms with E-state index in [1.165, 1.54) is 0 Å². The number of likely N-dealkylation sites (tertiary alicyclic amines) is 1. The summed E-state index contributed by atoms with van der Waals surface area (Å²) in [5, 5.41) is 27.4. The van der Waals surface area contributed by atoms with Crippen molar-refractivity contribution in [1.82, 2.24) is 4.90 Å². The van der Waals surface area contributed by atoms with Crippen LogP contribution in [-0.2, 0) is 9.59 Å².